The van der Waals surface area contributed by atoms with Crippen molar-refractivity contribution in [3.05, 3.63) is 29.8 Å². The molecule has 23 heavy (non-hydrogen) atoms. The lowest BCUT2D eigenvalue weighted by Gasteiger charge is -2.02. The van der Waals surface area contributed by atoms with Crippen LogP contribution in [0.25, 0.3) is 0 Å². The lowest BCUT2D eigenvalue weighted by Crippen LogP contribution is -2.16. The smallest absolute Gasteiger partial charge is 0.240 e. The Hall–Kier alpha value is -1.84. The average Bonchev–Trinajstić information content (AvgIpc) is 2.57. The minimum Gasteiger partial charge on any atom is -0.497 e. The summed E-state index contributed by atoms with van der Waals surface area (Å²) in [7, 11) is 1.63. The lowest BCUT2D eigenvalue weighted by atomic mass is 10.1. The summed E-state index contributed by atoms with van der Waals surface area (Å²) in [6, 6.07) is 7.55. The highest BCUT2D eigenvalue weighted by atomic mass is 16.5. The summed E-state index contributed by atoms with van der Waals surface area (Å²) in [4.78, 5) is 11.7. The molecule has 1 aromatic carbocycles. The molecule has 1 aromatic rings. The number of ether oxygens (including phenoxy) is 1. The van der Waals surface area contributed by atoms with Crippen LogP contribution in [0.4, 0.5) is 0 Å². The van der Waals surface area contributed by atoms with Crippen LogP contribution in [-0.4, -0.2) is 19.2 Å². The second-order valence-electron chi connectivity index (χ2n) is 5.79. The van der Waals surface area contributed by atoms with Crippen molar-refractivity contribution < 1.29 is 9.53 Å². The average molecular weight is 318 g/mol. The van der Waals surface area contributed by atoms with Crippen molar-refractivity contribution in [2.45, 2.75) is 64.7 Å². The summed E-state index contributed by atoms with van der Waals surface area (Å²) in [5.74, 6) is 0.759. The highest BCUT2D eigenvalue weighted by Crippen LogP contribution is 2.11. The number of carbonyl (C=O) groups excluding carboxylic acids is 1. The summed E-state index contributed by atoms with van der Waals surface area (Å²) in [5, 5.41) is 3.99. The maximum Gasteiger partial charge on any atom is 0.240 e. The minimum absolute atomic E-state index is 0.0184. The first-order valence-corrected chi connectivity index (χ1v) is 8.72. The van der Waals surface area contributed by atoms with E-state index >= 15 is 0 Å². The minimum atomic E-state index is -0.0184. The van der Waals surface area contributed by atoms with Gasteiger partial charge in [0.05, 0.1) is 13.3 Å². The van der Waals surface area contributed by atoms with Gasteiger partial charge in [-0.15, -0.1) is 0 Å². The molecule has 0 atom stereocenters. The van der Waals surface area contributed by atoms with Crippen molar-refractivity contribution in [1.29, 1.82) is 0 Å². The fourth-order valence-electron chi connectivity index (χ4n) is 2.38. The standard InChI is InChI=1S/C19H30N2O2/c1-3-4-5-6-7-8-9-10-14-19(22)21-20-16-17-12-11-13-18(15-17)23-2/h11-13,15-16H,3-10,14H2,1-2H3,(H,21,22)/b20-16+. The summed E-state index contributed by atoms with van der Waals surface area (Å²) >= 11 is 0. The number of nitrogens with zero attached hydrogens (tertiary/aromatic N) is 1. The summed E-state index contributed by atoms with van der Waals surface area (Å²) in [6.45, 7) is 2.23. The third kappa shape index (κ3) is 9.72. The Balaban J connectivity index is 2.08. The number of nitrogens with one attached hydrogen (secondary N) is 1. The number of hydrazone groups is 1. The van der Waals surface area contributed by atoms with Crippen LogP contribution >= 0.6 is 0 Å². The topological polar surface area (TPSA) is 50.7 Å². The number of hydrogen-bond acceptors (Lipinski definition) is 3. The molecule has 1 N–H and O–H groups in total. The zero-order valence-electron chi connectivity index (χ0n) is 14.5. The van der Waals surface area contributed by atoms with Gasteiger partial charge in [0.1, 0.15) is 5.75 Å². The molecule has 0 saturated heterocycles. The maximum absolute atomic E-state index is 11.7. The van der Waals surface area contributed by atoms with Crippen LogP contribution in [0.2, 0.25) is 0 Å². The number of hydrogen-bond donors (Lipinski definition) is 1. The van der Waals surface area contributed by atoms with E-state index in [9.17, 15) is 4.79 Å². The molecule has 0 spiro atoms. The first kappa shape index (κ1) is 19.2. The number of unbranched alkanes of at least 4 members (excludes halogenated alkanes) is 7. The van der Waals surface area contributed by atoms with Gasteiger partial charge in [-0.1, -0.05) is 64.0 Å². The molecule has 1 rings (SSSR count). The van der Waals surface area contributed by atoms with Crippen LogP contribution < -0.4 is 10.2 Å². The van der Waals surface area contributed by atoms with Crippen molar-refractivity contribution in [3.8, 4) is 5.75 Å². The first-order chi connectivity index (χ1) is 11.3. The highest BCUT2D eigenvalue weighted by molar-refractivity contribution is 5.82. The van der Waals surface area contributed by atoms with E-state index < -0.39 is 0 Å². The molecule has 1 amide bonds. The van der Waals surface area contributed by atoms with Gasteiger partial charge >= 0.3 is 0 Å². The molecule has 4 heteroatoms. The fourth-order valence-corrected chi connectivity index (χ4v) is 2.38. The number of carbonyl (C=O) groups is 1. The Morgan fingerprint density at radius 3 is 2.52 bits per heavy atom. The van der Waals surface area contributed by atoms with Crippen LogP contribution in [0.1, 0.15) is 70.3 Å². The van der Waals surface area contributed by atoms with Crippen LogP contribution in [0.15, 0.2) is 29.4 Å². The number of rotatable bonds is 12. The van der Waals surface area contributed by atoms with Gasteiger partial charge in [-0.3, -0.25) is 4.79 Å². The van der Waals surface area contributed by atoms with Gasteiger partial charge in [0.15, 0.2) is 0 Å². The molecule has 0 aliphatic carbocycles. The third-order valence-corrected chi connectivity index (χ3v) is 3.75. The molecule has 0 heterocycles. The van der Waals surface area contributed by atoms with Gasteiger partial charge in [-0.2, -0.15) is 5.10 Å². The van der Waals surface area contributed by atoms with Crippen molar-refractivity contribution in [2.75, 3.05) is 7.11 Å². The van der Waals surface area contributed by atoms with Crippen LogP contribution in [-0.2, 0) is 4.79 Å². The molecule has 0 aliphatic rings. The molecule has 0 aliphatic heterocycles. The first-order valence-electron chi connectivity index (χ1n) is 8.72. The molecular formula is C19H30N2O2. The maximum atomic E-state index is 11.7. The van der Waals surface area contributed by atoms with E-state index in [-0.39, 0.29) is 5.91 Å². The van der Waals surface area contributed by atoms with Gasteiger partial charge in [-0.25, -0.2) is 5.43 Å². The van der Waals surface area contributed by atoms with Gasteiger partial charge in [0.25, 0.3) is 0 Å². The van der Waals surface area contributed by atoms with E-state index in [1.165, 1.54) is 38.5 Å². The van der Waals surface area contributed by atoms with Crippen LogP contribution in [0.5, 0.6) is 5.75 Å². The second kappa shape index (κ2) is 12.7. The van der Waals surface area contributed by atoms with E-state index in [0.717, 1.165) is 24.2 Å². The monoisotopic (exact) mass is 318 g/mol. The predicted molar refractivity (Wildman–Crippen MR) is 96.0 cm³/mol. The van der Waals surface area contributed by atoms with Gasteiger partial charge in [0.2, 0.25) is 5.91 Å². The summed E-state index contributed by atoms with van der Waals surface area (Å²) < 4.78 is 5.14. The Bertz CT molecular complexity index is 472. The summed E-state index contributed by atoms with van der Waals surface area (Å²) in [5.41, 5.74) is 3.48. The van der Waals surface area contributed by atoms with Crippen molar-refractivity contribution in [1.82, 2.24) is 5.43 Å². The Morgan fingerprint density at radius 2 is 1.83 bits per heavy atom. The molecule has 4 nitrogen and oxygen atoms in total. The van der Waals surface area contributed by atoms with E-state index in [2.05, 4.69) is 17.5 Å². The second-order valence-corrected chi connectivity index (χ2v) is 5.79. The number of amides is 1. The van der Waals surface area contributed by atoms with Crippen molar-refractivity contribution >= 4 is 12.1 Å². The quantitative estimate of drug-likeness (QED) is 0.346. The van der Waals surface area contributed by atoms with E-state index in [1.807, 2.05) is 24.3 Å². The molecule has 128 valence electrons. The number of benzene rings is 1. The van der Waals surface area contributed by atoms with Gasteiger partial charge in [0, 0.05) is 6.42 Å². The number of methoxy groups -OCH3 is 1. The summed E-state index contributed by atoms with van der Waals surface area (Å²) in [6.07, 6.45) is 12.1. The van der Waals surface area contributed by atoms with E-state index in [0.29, 0.717) is 6.42 Å². The molecule has 0 fully saturated rings. The molecule has 0 saturated carbocycles. The molecule has 0 radical (unpaired) electrons. The Labute approximate surface area is 140 Å². The Morgan fingerprint density at radius 1 is 1.13 bits per heavy atom. The van der Waals surface area contributed by atoms with Crippen molar-refractivity contribution in [3.63, 3.8) is 0 Å². The third-order valence-electron chi connectivity index (χ3n) is 3.75. The molecule has 0 unspecified atom stereocenters. The van der Waals surface area contributed by atoms with Gasteiger partial charge < -0.3 is 4.74 Å². The van der Waals surface area contributed by atoms with Gasteiger partial charge in [-0.05, 0) is 24.1 Å². The van der Waals surface area contributed by atoms with Crippen LogP contribution in [0.3, 0.4) is 0 Å². The SMILES string of the molecule is CCCCCCCCCCC(=O)N/N=C/c1cccc(OC)c1. The fraction of sp³-hybridized carbons (Fsp3) is 0.579. The predicted octanol–water partition coefficient (Wildman–Crippen LogP) is 4.68. The molecular weight excluding hydrogens is 288 g/mol. The van der Waals surface area contributed by atoms with E-state index in [4.69, 9.17) is 4.74 Å². The normalized spacial score (nSPS) is 10.9. The van der Waals surface area contributed by atoms with E-state index in [1.54, 1.807) is 13.3 Å². The van der Waals surface area contributed by atoms with Crippen LogP contribution in [0, 0.1) is 0 Å². The van der Waals surface area contributed by atoms with Crippen molar-refractivity contribution in [2.24, 2.45) is 5.10 Å². The Kier molecular flexibility index (Phi) is 10.6. The zero-order chi connectivity index (χ0) is 16.8. The zero-order valence-corrected chi connectivity index (χ0v) is 14.5. The molecule has 0 aromatic heterocycles. The largest absolute Gasteiger partial charge is 0.497 e. The molecule has 0 bridgehead atoms. The lowest BCUT2D eigenvalue weighted by molar-refractivity contribution is -0.121. The highest BCUT2D eigenvalue weighted by Gasteiger charge is 1.99.